The Hall–Kier alpha value is -1.59. The van der Waals surface area contributed by atoms with E-state index in [-0.39, 0.29) is 31.1 Å². The van der Waals surface area contributed by atoms with Crippen LogP contribution in [0.3, 0.4) is 0 Å². The van der Waals surface area contributed by atoms with Crippen molar-refractivity contribution >= 4 is 17.9 Å². The second kappa shape index (κ2) is 43.5. The summed E-state index contributed by atoms with van der Waals surface area (Å²) in [6.07, 6.45) is 43.8. The molecule has 1 atom stereocenters. The molecule has 326 valence electrons. The van der Waals surface area contributed by atoms with E-state index in [1.807, 2.05) is 0 Å². The maximum absolute atomic E-state index is 12.7. The van der Waals surface area contributed by atoms with Gasteiger partial charge < -0.3 is 14.2 Å². The van der Waals surface area contributed by atoms with Crippen LogP contribution in [0.25, 0.3) is 0 Å². The Morgan fingerprint density at radius 1 is 0.345 bits per heavy atom. The molecule has 0 saturated heterocycles. The molecular weight excluding hydrogens is 685 g/mol. The lowest BCUT2D eigenvalue weighted by Crippen LogP contribution is -2.30. The van der Waals surface area contributed by atoms with Gasteiger partial charge in [-0.3, -0.25) is 14.4 Å². The molecular formula is C49H94O6. The van der Waals surface area contributed by atoms with Crippen LogP contribution in [-0.4, -0.2) is 37.2 Å². The number of esters is 3. The van der Waals surface area contributed by atoms with Gasteiger partial charge in [0.1, 0.15) is 13.2 Å². The van der Waals surface area contributed by atoms with E-state index in [1.54, 1.807) is 0 Å². The number of rotatable bonds is 44. The Labute approximate surface area is 342 Å². The molecule has 0 N–H and O–H groups in total. The molecule has 6 nitrogen and oxygen atoms in total. The van der Waals surface area contributed by atoms with Crippen LogP contribution in [0.15, 0.2) is 0 Å². The largest absolute Gasteiger partial charge is 0.462 e. The molecule has 0 bridgehead atoms. The van der Waals surface area contributed by atoms with Gasteiger partial charge in [-0.2, -0.15) is 0 Å². The quantitative estimate of drug-likeness (QED) is 0.0348. The van der Waals surface area contributed by atoms with E-state index < -0.39 is 6.10 Å². The van der Waals surface area contributed by atoms with Crippen LogP contribution < -0.4 is 0 Å². The molecule has 6 heteroatoms. The zero-order chi connectivity index (χ0) is 40.3. The van der Waals surface area contributed by atoms with E-state index in [9.17, 15) is 14.4 Å². The molecule has 0 aliphatic rings. The van der Waals surface area contributed by atoms with Crippen molar-refractivity contribution in [3.8, 4) is 0 Å². The Balaban J connectivity index is 4.23. The molecule has 0 aromatic rings. The van der Waals surface area contributed by atoms with Gasteiger partial charge >= 0.3 is 17.9 Å². The van der Waals surface area contributed by atoms with Crippen molar-refractivity contribution in [1.82, 2.24) is 0 Å². The molecule has 0 aliphatic carbocycles. The van der Waals surface area contributed by atoms with Crippen LogP contribution >= 0.6 is 0 Å². The Kier molecular flexibility index (Phi) is 42.3. The number of carbonyl (C=O) groups is 3. The second-order valence-electron chi connectivity index (χ2n) is 17.2. The fourth-order valence-corrected chi connectivity index (χ4v) is 7.33. The number of carbonyl (C=O) groups excluding carboxylic acids is 3. The van der Waals surface area contributed by atoms with Crippen LogP contribution in [0, 0.1) is 5.92 Å². The van der Waals surface area contributed by atoms with E-state index in [4.69, 9.17) is 14.2 Å². The monoisotopic (exact) mass is 779 g/mol. The van der Waals surface area contributed by atoms with Gasteiger partial charge in [0.2, 0.25) is 0 Å². The van der Waals surface area contributed by atoms with Gasteiger partial charge in [0.05, 0.1) is 0 Å². The number of ether oxygens (including phenoxy) is 3. The Morgan fingerprint density at radius 2 is 0.600 bits per heavy atom. The van der Waals surface area contributed by atoms with Crippen molar-refractivity contribution in [3.05, 3.63) is 0 Å². The summed E-state index contributed by atoms with van der Waals surface area (Å²) in [6, 6.07) is 0. The minimum Gasteiger partial charge on any atom is -0.462 e. The highest BCUT2D eigenvalue weighted by molar-refractivity contribution is 5.71. The normalized spacial score (nSPS) is 11.9. The fraction of sp³-hybridized carbons (Fsp3) is 0.939. The molecule has 0 fully saturated rings. The van der Waals surface area contributed by atoms with Crippen molar-refractivity contribution in [2.24, 2.45) is 5.92 Å². The smallest absolute Gasteiger partial charge is 0.306 e. The van der Waals surface area contributed by atoms with Crippen LogP contribution in [0.5, 0.6) is 0 Å². The topological polar surface area (TPSA) is 78.9 Å². The summed E-state index contributed by atoms with van der Waals surface area (Å²) in [6.45, 7) is 8.96. The molecule has 0 saturated carbocycles. The summed E-state index contributed by atoms with van der Waals surface area (Å²) in [5.41, 5.74) is 0. The zero-order valence-electron chi connectivity index (χ0n) is 37.4. The average Bonchev–Trinajstić information content (AvgIpc) is 3.17. The molecule has 0 aliphatic heterocycles. The zero-order valence-corrected chi connectivity index (χ0v) is 37.4. The van der Waals surface area contributed by atoms with Gasteiger partial charge in [0.15, 0.2) is 6.10 Å². The third kappa shape index (κ3) is 43.4. The summed E-state index contributed by atoms with van der Waals surface area (Å²) in [4.78, 5) is 37.7. The molecule has 0 unspecified atom stereocenters. The summed E-state index contributed by atoms with van der Waals surface area (Å²) in [5, 5.41) is 0. The minimum atomic E-state index is -0.759. The lowest BCUT2D eigenvalue weighted by Gasteiger charge is -2.18. The van der Waals surface area contributed by atoms with Crippen LogP contribution in [0.4, 0.5) is 0 Å². The van der Waals surface area contributed by atoms with Crippen molar-refractivity contribution < 1.29 is 28.6 Å². The molecule has 0 spiro atoms. The molecule has 0 heterocycles. The summed E-state index contributed by atoms with van der Waals surface area (Å²) < 4.78 is 16.7. The van der Waals surface area contributed by atoms with Crippen LogP contribution in [0.2, 0.25) is 0 Å². The van der Waals surface area contributed by atoms with E-state index >= 15 is 0 Å². The summed E-state index contributed by atoms with van der Waals surface area (Å²) in [7, 11) is 0. The Bertz CT molecular complexity index is 826. The van der Waals surface area contributed by atoms with Crippen molar-refractivity contribution in [2.75, 3.05) is 13.2 Å². The van der Waals surface area contributed by atoms with E-state index in [2.05, 4.69) is 27.7 Å². The van der Waals surface area contributed by atoms with E-state index in [1.165, 1.54) is 167 Å². The van der Waals surface area contributed by atoms with Gasteiger partial charge in [-0.15, -0.1) is 0 Å². The van der Waals surface area contributed by atoms with Crippen LogP contribution in [0.1, 0.15) is 272 Å². The predicted octanol–water partition coefficient (Wildman–Crippen LogP) is 15.5. The first kappa shape index (κ1) is 53.4. The van der Waals surface area contributed by atoms with E-state index in [0.29, 0.717) is 19.3 Å². The predicted molar refractivity (Wildman–Crippen MR) is 233 cm³/mol. The first-order chi connectivity index (χ1) is 26.9. The van der Waals surface area contributed by atoms with E-state index in [0.717, 1.165) is 63.7 Å². The lowest BCUT2D eigenvalue weighted by molar-refractivity contribution is -0.167. The first-order valence-corrected chi connectivity index (χ1v) is 24.4. The highest BCUT2D eigenvalue weighted by Gasteiger charge is 2.19. The van der Waals surface area contributed by atoms with Gasteiger partial charge in [-0.25, -0.2) is 0 Å². The van der Waals surface area contributed by atoms with Gasteiger partial charge in [0.25, 0.3) is 0 Å². The maximum atomic E-state index is 12.7. The third-order valence-electron chi connectivity index (χ3n) is 11.0. The molecule has 0 radical (unpaired) electrons. The lowest BCUT2D eigenvalue weighted by atomic mass is 10.0. The average molecular weight is 779 g/mol. The fourth-order valence-electron chi connectivity index (χ4n) is 7.33. The second-order valence-corrected chi connectivity index (χ2v) is 17.2. The Morgan fingerprint density at radius 3 is 0.891 bits per heavy atom. The van der Waals surface area contributed by atoms with Gasteiger partial charge in [-0.05, 0) is 25.2 Å². The first-order valence-electron chi connectivity index (χ1n) is 24.4. The minimum absolute atomic E-state index is 0.0637. The third-order valence-corrected chi connectivity index (χ3v) is 11.0. The SMILES string of the molecule is CCCCCCCCCCCCCCCCCCCC(=O)OC[C@H](COC(=O)CCCCCCCCCCC(C)C)OC(=O)CCCCCCCCCCC. The van der Waals surface area contributed by atoms with Crippen LogP contribution in [-0.2, 0) is 28.6 Å². The van der Waals surface area contributed by atoms with Crippen molar-refractivity contribution in [1.29, 1.82) is 0 Å². The maximum Gasteiger partial charge on any atom is 0.306 e. The van der Waals surface area contributed by atoms with Gasteiger partial charge in [-0.1, -0.05) is 233 Å². The molecule has 0 rings (SSSR count). The molecule has 0 amide bonds. The highest BCUT2D eigenvalue weighted by atomic mass is 16.6. The summed E-state index contributed by atoms with van der Waals surface area (Å²) in [5.74, 6) is -0.0573. The molecule has 0 aromatic heterocycles. The number of hydrogen-bond acceptors (Lipinski definition) is 6. The highest BCUT2D eigenvalue weighted by Crippen LogP contribution is 2.16. The molecule has 55 heavy (non-hydrogen) atoms. The number of hydrogen-bond donors (Lipinski definition) is 0. The standard InChI is InChI=1S/C49H94O6/c1-5-7-9-11-13-15-16-17-18-19-20-21-22-24-28-32-36-40-47(50)53-43-46(55-49(52)42-38-34-30-23-14-12-10-8-6-2)44-54-48(51)41-37-33-29-26-25-27-31-35-39-45(3)4/h45-46H,5-44H2,1-4H3/t46-/m1/s1. The van der Waals surface area contributed by atoms with Crippen molar-refractivity contribution in [2.45, 2.75) is 278 Å². The summed E-state index contributed by atoms with van der Waals surface area (Å²) >= 11 is 0. The number of unbranched alkanes of at least 4 members (excludes halogenated alkanes) is 31. The van der Waals surface area contributed by atoms with Gasteiger partial charge in [0, 0.05) is 19.3 Å². The molecule has 0 aromatic carbocycles. The van der Waals surface area contributed by atoms with Crippen molar-refractivity contribution in [3.63, 3.8) is 0 Å².